The van der Waals surface area contributed by atoms with Gasteiger partial charge in [-0.15, -0.1) is 10.2 Å². The maximum absolute atomic E-state index is 14.7. The van der Waals surface area contributed by atoms with E-state index in [0.29, 0.717) is 11.8 Å². The minimum atomic E-state index is -0.664. The van der Waals surface area contributed by atoms with Gasteiger partial charge in [0.2, 0.25) is 11.8 Å². The highest BCUT2D eigenvalue weighted by molar-refractivity contribution is 5.96. The first-order chi connectivity index (χ1) is 19.7. The third kappa shape index (κ3) is 3.22. The Morgan fingerprint density at radius 2 is 1.76 bits per heavy atom. The van der Waals surface area contributed by atoms with Crippen molar-refractivity contribution < 1.29 is 23.3 Å². The van der Waals surface area contributed by atoms with Crippen molar-refractivity contribution in [2.75, 3.05) is 7.11 Å². The Bertz CT molecular complexity index is 1520. The van der Waals surface area contributed by atoms with Crippen LogP contribution < -0.4 is 0 Å². The van der Waals surface area contributed by atoms with Crippen molar-refractivity contribution in [3.8, 4) is 0 Å². The molecule has 0 saturated heterocycles. The largest absolute Gasteiger partial charge is 0.469 e. The van der Waals surface area contributed by atoms with Gasteiger partial charge in [-0.2, -0.15) is 0 Å². The van der Waals surface area contributed by atoms with Crippen LogP contribution in [-0.4, -0.2) is 34.2 Å². The smallest absolute Gasteiger partial charge is 0.312 e. The van der Waals surface area contributed by atoms with Gasteiger partial charge in [0.1, 0.15) is 5.41 Å². The van der Waals surface area contributed by atoms with E-state index in [1.807, 2.05) is 19.2 Å². The second kappa shape index (κ2) is 8.44. The normalized spacial score (nSPS) is 43.7. The summed E-state index contributed by atoms with van der Waals surface area (Å²) in [4.78, 5) is 28.2. The summed E-state index contributed by atoms with van der Waals surface area (Å²) in [7, 11) is 1.51. The Morgan fingerprint density at radius 3 is 2.45 bits per heavy atom. The summed E-state index contributed by atoms with van der Waals surface area (Å²) in [6.45, 7) is 15.7. The number of hydrogen-bond acceptors (Lipinski definition) is 8. The predicted octanol–water partition coefficient (Wildman–Crippen LogP) is 6.56. The Labute approximate surface area is 248 Å². The molecule has 2 aromatic rings. The van der Waals surface area contributed by atoms with Gasteiger partial charge in [0.15, 0.2) is 11.5 Å². The van der Waals surface area contributed by atoms with E-state index in [1.165, 1.54) is 12.7 Å². The molecule has 3 fully saturated rings. The van der Waals surface area contributed by atoms with Crippen molar-refractivity contribution in [2.45, 2.75) is 105 Å². The van der Waals surface area contributed by atoms with E-state index in [4.69, 9.17) is 13.7 Å². The molecule has 7 rings (SSSR count). The highest BCUT2D eigenvalue weighted by Crippen LogP contribution is 2.75. The lowest BCUT2D eigenvalue weighted by Crippen LogP contribution is -2.66. The lowest BCUT2D eigenvalue weighted by atomic mass is 9.34. The van der Waals surface area contributed by atoms with Gasteiger partial charge in [0, 0.05) is 18.4 Å². The van der Waals surface area contributed by atoms with Crippen LogP contribution in [0.25, 0.3) is 0 Å². The summed E-state index contributed by atoms with van der Waals surface area (Å²) in [5.41, 5.74) is 0.296. The van der Waals surface area contributed by atoms with E-state index in [0.717, 1.165) is 62.7 Å². The molecule has 0 radical (unpaired) electrons. The fourth-order valence-corrected chi connectivity index (χ4v) is 11.3. The monoisotopic (exact) mass is 575 g/mol. The molecule has 0 bridgehead atoms. The van der Waals surface area contributed by atoms with Crippen molar-refractivity contribution in [2.24, 2.45) is 44.8 Å². The summed E-state index contributed by atoms with van der Waals surface area (Å²) >= 11 is 0. The molecule has 0 spiro atoms. The average molecular weight is 576 g/mol. The first-order valence-electron chi connectivity index (χ1n) is 15.8. The minimum Gasteiger partial charge on any atom is -0.469 e. The molecule has 3 saturated carbocycles. The number of ether oxygens (including phenoxy) is 1. The number of nitrogens with zero attached hydrogens (tertiary/aromatic N) is 3. The van der Waals surface area contributed by atoms with Gasteiger partial charge in [-0.3, -0.25) is 9.59 Å². The van der Waals surface area contributed by atoms with Crippen LogP contribution in [0, 0.1) is 51.8 Å². The van der Waals surface area contributed by atoms with Gasteiger partial charge in [-0.05, 0) is 97.9 Å². The van der Waals surface area contributed by atoms with Crippen molar-refractivity contribution in [3.05, 3.63) is 41.0 Å². The van der Waals surface area contributed by atoms with E-state index in [2.05, 4.69) is 56.9 Å². The molecule has 2 aromatic heterocycles. The van der Waals surface area contributed by atoms with E-state index < -0.39 is 10.8 Å². The van der Waals surface area contributed by atoms with Gasteiger partial charge < -0.3 is 13.7 Å². The van der Waals surface area contributed by atoms with E-state index in [-0.39, 0.29) is 51.2 Å². The summed E-state index contributed by atoms with van der Waals surface area (Å²) in [6, 6.07) is 0. The molecule has 0 unspecified atom stereocenters. The number of esters is 1. The Kier molecular flexibility index (Phi) is 5.63. The number of aryl methyl sites for hydroxylation is 1. The van der Waals surface area contributed by atoms with Crippen LogP contribution in [-0.2, 0) is 26.2 Å². The van der Waals surface area contributed by atoms with Crippen LogP contribution in [0.1, 0.15) is 110 Å². The standard InChI is InChI=1S/C34H45N3O5/c1-19-36-37-27(41-19)33(7)23-9-10-31(5)24(30(23,4)16-20-18-35-42-26(20)33)15-22(38)25-21-17-29(2,3)11-13-34(21,28(39)40-8)14-12-32(25,31)6/h15,18,21,23,25H,9-14,16-17H2,1-8H3/t21-,23+,25-,30-,31+,32+,33-,34-/m0/s1. The van der Waals surface area contributed by atoms with Gasteiger partial charge in [0.25, 0.3) is 0 Å². The molecule has 5 aliphatic rings. The third-order valence-electron chi connectivity index (χ3n) is 13.6. The number of hydrogen-bond donors (Lipinski definition) is 0. The average Bonchev–Trinajstić information content (AvgIpc) is 3.58. The number of ketones is 1. The summed E-state index contributed by atoms with van der Waals surface area (Å²) in [5.74, 6) is 1.79. The highest BCUT2D eigenvalue weighted by atomic mass is 16.5. The van der Waals surface area contributed by atoms with Crippen LogP contribution in [0.3, 0.4) is 0 Å². The molecule has 226 valence electrons. The van der Waals surface area contributed by atoms with Crippen molar-refractivity contribution >= 4 is 11.8 Å². The van der Waals surface area contributed by atoms with Gasteiger partial charge in [-0.25, -0.2) is 0 Å². The molecule has 0 amide bonds. The van der Waals surface area contributed by atoms with Gasteiger partial charge >= 0.3 is 5.97 Å². The molecule has 0 aromatic carbocycles. The Hall–Kier alpha value is -2.77. The molecule has 5 aliphatic carbocycles. The molecule has 8 heteroatoms. The van der Waals surface area contributed by atoms with Crippen molar-refractivity contribution in [1.29, 1.82) is 0 Å². The number of methoxy groups -OCH3 is 1. The minimum absolute atomic E-state index is 0.0252. The number of rotatable bonds is 2. The zero-order valence-corrected chi connectivity index (χ0v) is 26.4. The SMILES string of the molecule is COC(=O)[C@]12CCC(C)(C)C[C@H]1[C@H]1C(=O)C=C3[C@@]4(C)Cc5cnoc5[C@@](C)(c5nnc(C)o5)[C@@H]4CC[C@@]3(C)[C@]1(C)CC2. The molecular weight excluding hydrogens is 530 g/mol. The predicted molar refractivity (Wildman–Crippen MR) is 154 cm³/mol. The van der Waals surface area contributed by atoms with Crippen LogP contribution in [0.4, 0.5) is 0 Å². The quantitative estimate of drug-likeness (QED) is 0.370. The zero-order valence-electron chi connectivity index (χ0n) is 26.4. The molecule has 8 nitrogen and oxygen atoms in total. The first-order valence-corrected chi connectivity index (χ1v) is 15.8. The summed E-state index contributed by atoms with van der Waals surface area (Å²) < 4.78 is 17.5. The van der Waals surface area contributed by atoms with Gasteiger partial charge in [0.05, 0.1) is 18.7 Å². The number of aromatic nitrogens is 3. The third-order valence-corrected chi connectivity index (χ3v) is 13.6. The van der Waals surface area contributed by atoms with Crippen LogP contribution in [0.2, 0.25) is 0 Å². The van der Waals surface area contributed by atoms with Crippen molar-refractivity contribution in [1.82, 2.24) is 15.4 Å². The number of carbonyl (C=O) groups is 2. The lowest BCUT2D eigenvalue weighted by Gasteiger charge is -2.69. The first kappa shape index (κ1) is 28.0. The lowest BCUT2D eigenvalue weighted by molar-refractivity contribution is -0.191. The maximum atomic E-state index is 14.7. The molecular formula is C34H45N3O5. The molecule has 42 heavy (non-hydrogen) atoms. The van der Waals surface area contributed by atoms with Crippen LogP contribution in [0.15, 0.2) is 26.8 Å². The molecule has 2 heterocycles. The molecule has 0 N–H and O–H groups in total. The molecule has 8 atom stereocenters. The zero-order chi connectivity index (χ0) is 30.1. The second-order valence-electron chi connectivity index (χ2n) is 16.0. The Balaban J connectivity index is 1.39. The number of carbonyl (C=O) groups excluding carboxylic acids is 2. The molecule has 0 aliphatic heterocycles. The summed E-state index contributed by atoms with van der Waals surface area (Å²) in [6.07, 6.45) is 10.7. The van der Waals surface area contributed by atoms with Gasteiger partial charge in [-0.1, -0.05) is 45.3 Å². The van der Waals surface area contributed by atoms with E-state index in [9.17, 15) is 9.59 Å². The maximum Gasteiger partial charge on any atom is 0.312 e. The van der Waals surface area contributed by atoms with Crippen molar-refractivity contribution in [3.63, 3.8) is 0 Å². The second-order valence-corrected chi connectivity index (χ2v) is 16.0. The summed E-state index contributed by atoms with van der Waals surface area (Å²) in [5, 5.41) is 12.9. The van der Waals surface area contributed by atoms with Crippen LogP contribution >= 0.6 is 0 Å². The Morgan fingerprint density at radius 1 is 1.02 bits per heavy atom. The fraction of sp³-hybridized carbons (Fsp3) is 0.735. The van der Waals surface area contributed by atoms with E-state index in [1.54, 1.807) is 0 Å². The highest BCUT2D eigenvalue weighted by Gasteiger charge is 2.72. The van der Waals surface area contributed by atoms with Crippen LogP contribution in [0.5, 0.6) is 0 Å². The topological polar surface area (TPSA) is 108 Å². The number of allylic oxidation sites excluding steroid dienone is 2. The van der Waals surface area contributed by atoms with E-state index >= 15 is 0 Å². The number of fused-ring (bicyclic) bond motifs is 8. The fourth-order valence-electron chi connectivity index (χ4n) is 11.3.